The molecule has 1 aliphatic rings. The monoisotopic (exact) mass is 423 g/mol. The third-order valence-corrected chi connectivity index (χ3v) is 8.22. The van der Waals surface area contributed by atoms with Gasteiger partial charge in [0, 0.05) is 24.5 Å². The minimum Gasteiger partial charge on any atom is -0.381 e. The van der Waals surface area contributed by atoms with E-state index in [9.17, 15) is 16.8 Å². The maximum atomic E-state index is 12.0. The van der Waals surface area contributed by atoms with Gasteiger partial charge in [-0.1, -0.05) is 12.1 Å². The van der Waals surface area contributed by atoms with E-state index in [1.807, 2.05) is 24.3 Å². The van der Waals surface area contributed by atoms with E-state index < -0.39 is 25.3 Å². The summed E-state index contributed by atoms with van der Waals surface area (Å²) in [7, 11) is -6.52. The third kappa shape index (κ3) is 4.77. The van der Waals surface area contributed by atoms with Crippen LogP contribution in [0.5, 0.6) is 0 Å². The van der Waals surface area contributed by atoms with Gasteiger partial charge in [-0.05, 0) is 62.2 Å². The van der Waals surface area contributed by atoms with Gasteiger partial charge < -0.3 is 5.32 Å². The third-order valence-electron chi connectivity index (χ3n) is 4.59. The number of hydrogen-bond donors (Lipinski definition) is 2. The van der Waals surface area contributed by atoms with Crippen LogP contribution in [-0.4, -0.2) is 34.4 Å². The van der Waals surface area contributed by atoms with Crippen LogP contribution < -0.4 is 14.3 Å². The molecular formula is C19H25N3O4S2. The van der Waals surface area contributed by atoms with E-state index in [-0.39, 0.29) is 5.75 Å². The Morgan fingerprint density at radius 1 is 1.00 bits per heavy atom. The largest absolute Gasteiger partial charge is 0.381 e. The van der Waals surface area contributed by atoms with Crippen molar-refractivity contribution in [2.45, 2.75) is 32.1 Å². The fraction of sp³-hybridized carbons (Fsp3) is 0.368. The minimum absolute atomic E-state index is 0.205. The zero-order valence-electron chi connectivity index (χ0n) is 15.9. The minimum atomic E-state index is -3.35. The van der Waals surface area contributed by atoms with Crippen LogP contribution in [0.15, 0.2) is 48.5 Å². The molecule has 1 fully saturated rings. The number of hydrogen-bond acceptors (Lipinski definition) is 5. The van der Waals surface area contributed by atoms with E-state index in [1.165, 1.54) is 4.31 Å². The molecule has 1 heterocycles. The Bertz CT molecular complexity index is 1020. The summed E-state index contributed by atoms with van der Waals surface area (Å²) >= 11 is 0. The average Bonchev–Trinajstić information content (AvgIpc) is 3.00. The summed E-state index contributed by atoms with van der Waals surface area (Å²) in [4.78, 5) is 0. The van der Waals surface area contributed by atoms with Crippen molar-refractivity contribution in [3.8, 4) is 0 Å². The molecule has 0 aromatic heterocycles. The number of rotatable bonds is 7. The lowest BCUT2D eigenvalue weighted by Crippen LogP contribution is -2.24. The number of nitrogens with zero attached hydrogens (tertiary/aromatic N) is 1. The molecule has 2 aromatic carbocycles. The molecule has 0 spiro atoms. The van der Waals surface area contributed by atoms with E-state index in [1.54, 1.807) is 38.1 Å². The molecule has 0 saturated carbocycles. The Hall–Kier alpha value is -2.26. The lowest BCUT2D eigenvalue weighted by atomic mass is 10.2. The highest BCUT2D eigenvalue weighted by Gasteiger charge is 2.28. The van der Waals surface area contributed by atoms with Gasteiger partial charge in [0.05, 0.1) is 16.7 Å². The van der Waals surface area contributed by atoms with Crippen LogP contribution in [0.25, 0.3) is 0 Å². The van der Waals surface area contributed by atoms with Crippen LogP contribution in [-0.2, 0) is 26.6 Å². The molecule has 28 heavy (non-hydrogen) atoms. The summed E-state index contributed by atoms with van der Waals surface area (Å²) < 4.78 is 51.7. The fourth-order valence-electron chi connectivity index (χ4n) is 2.85. The number of nitrogens with one attached hydrogen (secondary N) is 2. The maximum absolute atomic E-state index is 12.0. The highest BCUT2D eigenvalue weighted by molar-refractivity contribution is 7.93. The molecule has 0 amide bonds. The van der Waals surface area contributed by atoms with Crippen LogP contribution in [0, 0.1) is 0 Å². The standard InChI is InChI=1S/C19H25N3O4S2/c1-15(2)28(25,26)21-18-6-4-16(5-7-18)14-20-17-8-10-19(11-9-17)22-12-3-13-27(22,23)24/h4-11,15,20-21H,3,12-14H2,1-2H3. The van der Waals surface area contributed by atoms with E-state index in [4.69, 9.17) is 0 Å². The Morgan fingerprint density at radius 3 is 2.14 bits per heavy atom. The summed E-state index contributed by atoms with van der Waals surface area (Å²) in [6.07, 6.45) is 0.658. The zero-order valence-corrected chi connectivity index (χ0v) is 17.6. The number of benzene rings is 2. The Morgan fingerprint density at radius 2 is 1.61 bits per heavy atom. The first-order valence-corrected chi connectivity index (χ1v) is 12.3. The van der Waals surface area contributed by atoms with E-state index >= 15 is 0 Å². The number of sulfonamides is 2. The maximum Gasteiger partial charge on any atom is 0.235 e. The van der Waals surface area contributed by atoms with Crippen molar-refractivity contribution in [2.24, 2.45) is 0 Å². The molecule has 1 saturated heterocycles. The van der Waals surface area contributed by atoms with Crippen molar-refractivity contribution in [3.63, 3.8) is 0 Å². The van der Waals surface area contributed by atoms with Crippen LogP contribution in [0.4, 0.5) is 17.1 Å². The molecule has 0 radical (unpaired) electrons. The summed E-state index contributed by atoms with van der Waals surface area (Å²) in [6.45, 7) is 4.36. The van der Waals surface area contributed by atoms with Crippen molar-refractivity contribution in [2.75, 3.05) is 26.6 Å². The highest BCUT2D eigenvalue weighted by atomic mass is 32.2. The Labute approximate surface area is 166 Å². The van der Waals surface area contributed by atoms with Crippen LogP contribution in [0.3, 0.4) is 0 Å². The van der Waals surface area contributed by atoms with Crippen LogP contribution in [0.2, 0.25) is 0 Å². The summed E-state index contributed by atoms with van der Waals surface area (Å²) in [6, 6.07) is 14.5. The molecule has 3 rings (SSSR count). The van der Waals surface area contributed by atoms with Crippen molar-refractivity contribution < 1.29 is 16.8 Å². The van der Waals surface area contributed by atoms with Gasteiger partial charge in [0.15, 0.2) is 0 Å². The topological polar surface area (TPSA) is 95.6 Å². The lowest BCUT2D eigenvalue weighted by molar-refractivity contribution is 0.592. The molecule has 1 aliphatic heterocycles. The highest BCUT2D eigenvalue weighted by Crippen LogP contribution is 2.25. The van der Waals surface area contributed by atoms with Crippen LogP contribution >= 0.6 is 0 Å². The second-order valence-corrected chi connectivity index (χ2v) is 11.3. The predicted molar refractivity (Wildman–Crippen MR) is 114 cm³/mol. The van der Waals surface area contributed by atoms with Crippen molar-refractivity contribution in [3.05, 3.63) is 54.1 Å². The first kappa shape index (κ1) is 20.5. The van der Waals surface area contributed by atoms with Crippen molar-refractivity contribution >= 4 is 37.1 Å². The predicted octanol–water partition coefficient (Wildman–Crippen LogP) is 2.99. The van der Waals surface area contributed by atoms with Gasteiger partial charge in [-0.2, -0.15) is 0 Å². The van der Waals surface area contributed by atoms with E-state index in [0.717, 1.165) is 11.3 Å². The van der Waals surface area contributed by atoms with Crippen molar-refractivity contribution in [1.82, 2.24) is 0 Å². The fourth-order valence-corrected chi connectivity index (χ4v) is 5.12. The molecule has 2 aromatic rings. The first-order chi connectivity index (χ1) is 13.2. The lowest BCUT2D eigenvalue weighted by Gasteiger charge is -2.17. The summed E-state index contributed by atoms with van der Waals surface area (Å²) in [5.41, 5.74) is 3.10. The SMILES string of the molecule is CC(C)S(=O)(=O)Nc1ccc(CNc2ccc(N3CCCS3(=O)=O)cc2)cc1. The molecule has 0 bridgehead atoms. The first-order valence-electron chi connectivity index (χ1n) is 9.12. The Balaban J connectivity index is 1.58. The Kier molecular flexibility index (Phi) is 5.85. The van der Waals surface area contributed by atoms with Gasteiger partial charge in [-0.3, -0.25) is 9.03 Å². The second kappa shape index (κ2) is 8.00. The van der Waals surface area contributed by atoms with Gasteiger partial charge >= 0.3 is 0 Å². The zero-order chi connectivity index (χ0) is 20.4. The number of anilines is 3. The molecule has 9 heteroatoms. The summed E-state index contributed by atoms with van der Waals surface area (Å²) in [5.74, 6) is 0.205. The van der Waals surface area contributed by atoms with Gasteiger partial charge in [0.1, 0.15) is 0 Å². The van der Waals surface area contributed by atoms with E-state index in [2.05, 4.69) is 10.0 Å². The second-order valence-electron chi connectivity index (χ2n) is 7.03. The molecule has 0 atom stereocenters. The smallest absolute Gasteiger partial charge is 0.235 e. The van der Waals surface area contributed by atoms with Gasteiger partial charge in [0.2, 0.25) is 20.0 Å². The molecular weight excluding hydrogens is 398 g/mol. The normalized spacial score (nSPS) is 16.3. The quantitative estimate of drug-likeness (QED) is 0.714. The molecule has 152 valence electrons. The van der Waals surface area contributed by atoms with Gasteiger partial charge in [0.25, 0.3) is 0 Å². The summed E-state index contributed by atoms with van der Waals surface area (Å²) in [5, 5.41) is 2.79. The van der Waals surface area contributed by atoms with Gasteiger partial charge in [-0.15, -0.1) is 0 Å². The van der Waals surface area contributed by atoms with Crippen molar-refractivity contribution in [1.29, 1.82) is 0 Å². The average molecular weight is 424 g/mol. The molecule has 2 N–H and O–H groups in total. The molecule has 0 aliphatic carbocycles. The molecule has 0 unspecified atom stereocenters. The molecule has 7 nitrogen and oxygen atoms in total. The van der Waals surface area contributed by atoms with Crippen LogP contribution in [0.1, 0.15) is 25.8 Å². The van der Waals surface area contributed by atoms with E-state index in [0.29, 0.717) is 30.9 Å². The van der Waals surface area contributed by atoms with Gasteiger partial charge in [-0.25, -0.2) is 16.8 Å².